The van der Waals surface area contributed by atoms with Gasteiger partial charge in [0, 0.05) is 88.3 Å². The van der Waals surface area contributed by atoms with Gasteiger partial charge in [0.1, 0.15) is 38.6 Å². The van der Waals surface area contributed by atoms with E-state index in [1.807, 2.05) is 35.1 Å². The third-order valence-corrected chi connectivity index (χ3v) is 22.0. The molecular weight excluding hydrogens is 1150 g/mol. The summed E-state index contributed by atoms with van der Waals surface area (Å²) in [6.07, 6.45) is 13.1. The van der Waals surface area contributed by atoms with Crippen LogP contribution in [0.4, 0.5) is 11.6 Å². The van der Waals surface area contributed by atoms with Crippen LogP contribution >= 0.6 is 22.6 Å². The number of fused-ring (bicyclic) bond motifs is 2. The van der Waals surface area contributed by atoms with Crippen molar-refractivity contribution >= 4 is 89.8 Å². The average Bonchev–Trinajstić information content (AvgIpc) is 3.99. The molecule has 2 saturated carbocycles. The Bertz CT molecular complexity index is 2360. The van der Waals surface area contributed by atoms with E-state index in [0.29, 0.717) is 52.0 Å². The maximum absolute atomic E-state index is 12.2. The monoisotopic (exact) mass is 1250 g/mol. The molecule has 0 saturated heterocycles. The fraction of sp³-hybridized carbons (Fsp3) is 0.750. The second kappa shape index (κ2) is 30.9. The summed E-state index contributed by atoms with van der Waals surface area (Å²) in [4.78, 5) is 38.6. The molecule has 4 aromatic heterocycles. The van der Waals surface area contributed by atoms with Gasteiger partial charge in [-0.2, -0.15) is 19.2 Å². The lowest BCUT2D eigenvalue weighted by Crippen LogP contribution is -2.33. The van der Waals surface area contributed by atoms with Crippen LogP contribution in [-0.2, 0) is 50.9 Å². The molecule has 77 heavy (non-hydrogen) atoms. The lowest BCUT2D eigenvalue weighted by molar-refractivity contribution is -0.150. The molecule has 2 aliphatic carbocycles. The average molecular weight is 1250 g/mol. The maximum Gasteiger partial charge on any atom is 0.308 e. The van der Waals surface area contributed by atoms with E-state index in [2.05, 4.69) is 133 Å². The first-order valence-electron chi connectivity index (χ1n) is 28.8. The third kappa shape index (κ3) is 23.3. The van der Waals surface area contributed by atoms with Crippen molar-refractivity contribution in [2.75, 3.05) is 76.4 Å². The molecule has 0 aromatic carbocycles. The van der Waals surface area contributed by atoms with Gasteiger partial charge in [0.25, 0.3) is 0 Å². The Morgan fingerprint density at radius 3 is 1.31 bits per heavy atom. The van der Waals surface area contributed by atoms with Gasteiger partial charge in [-0.25, -0.2) is 9.97 Å². The van der Waals surface area contributed by atoms with Crippen molar-refractivity contribution in [3.05, 3.63) is 45.6 Å². The summed E-state index contributed by atoms with van der Waals surface area (Å²) in [5.74, 6) is 2.95. The van der Waals surface area contributed by atoms with Crippen LogP contribution in [0.5, 0.6) is 0 Å². The van der Waals surface area contributed by atoms with Gasteiger partial charge in [-0.1, -0.05) is 78.6 Å². The highest BCUT2D eigenvalue weighted by atomic mass is 127. The third-order valence-electron chi connectivity index (χ3n) is 14.4. The Morgan fingerprint density at radius 1 is 0.558 bits per heavy atom. The summed E-state index contributed by atoms with van der Waals surface area (Å²) in [5, 5.41) is 9.24. The van der Waals surface area contributed by atoms with Crippen LogP contribution in [0.2, 0.25) is 103 Å². The first kappa shape index (κ1) is 65.0. The Balaban J connectivity index is 0.000000284. The number of carbonyl (C=O) groups excluding carboxylic acids is 2. The van der Waals surface area contributed by atoms with E-state index in [1.165, 1.54) is 0 Å². The lowest BCUT2D eigenvalue weighted by atomic mass is 9.80. The van der Waals surface area contributed by atoms with Crippen LogP contribution in [0, 0.1) is 27.2 Å². The minimum atomic E-state index is -1.18. The zero-order valence-corrected chi connectivity index (χ0v) is 56.0. The Kier molecular flexibility index (Phi) is 26.1. The fourth-order valence-electron chi connectivity index (χ4n) is 9.44. The topological polar surface area (TPSA) is 156 Å². The maximum atomic E-state index is 12.2. The molecule has 434 valence electrons. The van der Waals surface area contributed by atoms with Crippen molar-refractivity contribution in [3.63, 3.8) is 0 Å². The molecule has 4 heterocycles. The second-order valence-electron chi connectivity index (χ2n) is 26.4. The molecule has 0 aliphatic heterocycles. The summed E-state index contributed by atoms with van der Waals surface area (Å²) in [7, 11) is -4.70. The van der Waals surface area contributed by atoms with Crippen LogP contribution in [0.1, 0.15) is 76.6 Å². The van der Waals surface area contributed by atoms with Gasteiger partial charge < -0.3 is 38.2 Å². The molecule has 0 atom stereocenters. The SMILES string of the molecule is CCOC(=O)C1CCC(Cc2cc(N(COCC[Si](C)(C)C)COCC[Si](C)(C)C)n3ncc(I)c3n2)CC1.CCOC(=O)C1CCC(Cc2cc(N(COCC[Si](C)(C)C)COCC[Si](C)(C)C)n3nccc3n2)CC1. The molecule has 6 rings (SSSR count). The number of carbonyl (C=O) groups is 2. The molecule has 0 amide bonds. The summed E-state index contributed by atoms with van der Waals surface area (Å²) in [5.41, 5.74) is 3.83. The minimum absolute atomic E-state index is 0.0362. The van der Waals surface area contributed by atoms with E-state index in [4.69, 9.17) is 38.4 Å². The summed E-state index contributed by atoms with van der Waals surface area (Å²) in [6.45, 7) is 38.0. The van der Waals surface area contributed by atoms with E-state index in [0.717, 1.165) is 153 Å². The van der Waals surface area contributed by atoms with Gasteiger partial charge in [-0.15, -0.1) is 0 Å². The standard InChI is InChI=1S/C28H49IN4O4Si2.C28H50N4O4Si2/c1-8-37-28(34)23-11-9-22(10-12-23)17-24-18-26(33-27(31-24)25(29)19-30-33)32(20-35-13-15-38(2,3)4)21-36-14-16-39(5,6)7;1-8-36-28(33)24-11-9-23(10-12-24)19-25-20-27(32-26(30-25)13-14-29-32)31(21-34-15-17-37(2,3)4)22-35-16-18-38(5,6)7/h18-19,22-23H,8-17,20-21H2,1-7H3;13-14,20,23-24H,8-12,15-19,21-22H2,1-7H3. The number of rotatable bonds is 30. The zero-order chi connectivity index (χ0) is 56.4. The van der Waals surface area contributed by atoms with Crippen molar-refractivity contribution in [1.29, 1.82) is 0 Å². The number of nitrogens with zero attached hydrogens (tertiary/aromatic N) is 8. The molecule has 0 spiro atoms. The van der Waals surface area contributed by atoms with Crippen LogP contribution in [0.3, 0.4) is 0 Å². The summed E-state index contributed by atoms with van der Waals surface area (Å²) in [6, 6.07) is 10.8. The molecule has 16 nitrogen and oxygen atoms in total. The van der Waals surface area contributed by atoms with E-state index < -0.39 is 32.3 Å². The van der Waals surface area contributed by atoms with Crippen molar-refractivity contribution in [2.24, 2.45) is 23.7 Å². The molecular formula is C56H99IN8O8Si4. The first-order chi connectivity index (χ1) is 36.3. The first-order valence-corrected chi connectivity index (χ1v) is 44.7. The van der Waals surface area contributed by atoms with Crippen molar-refractivity contribution in [1.82, 2.24) is 29.2 Å². The number of aromatic nitrogens is 6. The van der Waals surface area contributed by atoms with E-state index in [9.17, 15) is 9.59 Å². The van der Waals surface area contributed by atoms with Gasteiger partial charge in [0.2, 0.25) is 0 Å². The highest BCUT2D eigenvalue weighted by Gasteiger charge is 2.30. The van der Waals surface area contributed by atoms with Gasteiger partial charge in [-0.3, -0.25) is 9.59 Å². The van der Waals surface area contributed by atoms with E-state index >= 15 is 0 Å². The molecule has 2 fully saturated rings. The Morgan fingerprint density at radius 2 is 0.935 bits per heavy atom. The predicted octanol–water partition coefficient (Wildman–Crippen LogP) is 12.7. The Labute approximate surface area is 480 Å². The lowest BCUT2D eigenvalue weighted by Gasteiger charge is -2.28. The molecule has 4 aromatic rings. The summed E-state index contributed by atoms with van der Waals surface area (Å²) >= 11 is 2.32. The van der Waals surface area contributed by atoms with Crippen LogP contribution in [-0.4, -0.2) is 140 Å². The molecule has 0 N–H and O–H groups in total. The number of anilines is 2. The van der Waals surface area contributed by atoms with Crippen molar-refractivity contribution < 1.29 is 38.0 Å². The zero-order valence-electron chi connectivity index (χ0n) is 49.9. The summed E-state index contributed by atoms with van der Waals surface area (Å²) < 4.78 is 40.1. The smallest absolute Gasteiger partial charge is 0.308 e. The number of ether oxygens (including phenoxy) is 6. The Hall–Kier alpha value is -2.78. The highest BCUT2D eigenvalue weighted by molar-refractivity contribution is 14.1. The number of halogens is 1. The molecule has 0 bridgehead atoms. The van der Waals surface area contributed by atoms with E-state index in [-0.39, 0.29) is 23.8 Å². The van der Waals surface area contributed by atoms with E-state index in [1.54, 1.807) is 6.20 Å². The van der Waals surface area contributed by atoms with Gasteiger partial charge >= 0.3 is 11.9 Å². The molecule has 21 heteroatoms. The highest BCUT2D eigenvalue weighted by Crippen LogP contribution is 2.34. The largest absolute Gasteiger partial charge is 0.466 e. The van der Waals surface area contributed by atoms with Crippen molar-refractivity contribution in [2.45, 2.75) is 181 Å². The molecule has 2 aliphatic rings. The van der Waals surface area contributed by atoms with Gasteiger partial charge in [0.05, 0.1) is 41.0 Å². The van der Waals surface area contributed by atoms with Gasteiger partial charge in [-0.05, 0) is 137 Å². The normalized spacial score (nSPS) is 18.5. The van der Waals surface area contributed by atoms with Gasteiger partial charge in [0.15, 0.2) is 11.3 Å². The quantitative estimate of drug-likeness (QED) is 0.0160. The van der Waals surface area contributed by atoms with Crippen LogP contribution < -0.4 is 9.80 Å². The minimum Gasteiger partial charge on any atom is -0.466 e. The fourth-order valence-corrected chi connectivity index (χ4v) is 12.9. The van der Waals surface area contributed by atoms with Crippen LogP contribution in [0.25, 0.3) is 11.3 Å². The predicted molar refractivity (Wildman–Crippen MR) is 331 cm³/mol. The van der Waals surface area contributed by atoms with Crippen molar-refractivity contribution in [3.8, 4) is 0 Å². The second-order valence-corrected chi connectivity index (χ2v) is 50.0. The molecule has 0 unspecified atom stereocenters. The van der Waals surface area contributed by atoms with Crippen LogP contribution in [0.15, 0.2) is 30.6 Å². The number of hydrogen-bond donors (Lipinski definition) is 0. The molecule has 0 radical (unpaired) electrons. The number of esters is 2. The number of hydrogen-bond acceptors (Lipinski definition) is 14.